The van der Waals surface area contributed by atoms with Crippen LogP contribution in [0.3, 0.4) is 0 Å². The maximum Gasteiger partial charge on any atom is 0.331 e. The second-order valence-corrected chi connectivity index (χ2v) is 9.01. The summed E-state index contributed by atoms with van der Waals surface area (Å²) in [5.41, 5.74) is 3.17. The molecule has 0 saturated carbocycles. The first-order valence-electron chi connectivity index (χ1n) is 11.1. The molecule has 9 heteroatoms. The summed E-state index contributed by atoms with van der Waals surface area (Å²) in [5, 5.41) is 3.03. The second-order valence-electron chi connectivity index (χ2n) is 8.63. The number of pyridine rings is 1. The van der Waals surface area contributed by atoms with Gasteiger partial charge in [0, 0.05) is 44.3 Å². The first-order chi connectivity index (χ1) is 15.5. The molecule has 0 aromatic carbocycles. The number of aromatic nitrogens is 3. The van der Waals surface area contributed by atoms with Crippen molar-refractivity contribution < 1.29 is 4.79 Å². The molecular formula is C23H27ClN6O2. The Morgan fingerprint density at radius 3 is 2.69 bits per heavy atom. The highest BCUT2D eigenvalue weighted by atomic mass is 35.5. The lowest BCUT2D eigenvalue weighted by Gasteiger charge is -2.37. The van der Waals surface area contributed by atoms with E-state index in [1.54, 1.807) is 25.4 Å². The van der Waals surface area contributed by atoms with Gasteiger partial charge in [0.25, 0.3) is 5.91 Å². The average Bonchev–Trinajstić information content (AvgIpc) is 3.46. The molecule has 0 bridgehead atoms. The van der Waals surface area contributed by atoms with Crippen LogP contribution in [-0.4, -0.2) is 64.4 Å². The van der Waals surface area contributed by atoms with Crippen molar-refractivity contribution in [3.05, 3.63) is 63.6 Å². The normalized spacial score (nSPS) is 20.2. The average molecular weight is 455 g/mol. The Morgan fingerprint density at radius 2 is 1.97 bits per heavy atom. The number of amides is 1. The van der Waals surface area contributed by atoms with Gasteiger partial charge in [-0.25, -0.2) is 9.78 Å². The zero-order chi connectivity index (χ0) is 22.2. The first-order valence-corrected chi connectivity index (χ1v) is 11.5. The highest BCUT2D eigenvalue weighted by Crippen LogP contribution is 2.31. The van der Waals surface area contributed by atoms with E-state index in [1.807, 2.05) is 12.1 Å². The summed E-state index contributed by atoms with van der Waals surface area (Å²) >= 11 is 6.11. The predicted molar refractivity (Wildman–Crippen MR) is 125 cm³/mol. The number of nitrogens with one attached hydrogen (secondary N) is 2. The molecule has 2 aliphatic heterocycles. The smallest absolute Gasteiger partial charge is 0.331 e. The van der Waals surface area contributed by atoms with Gasteiger partial charge in [0.15, 0.2) is 0 Å². The van der Waals surface area contributed by atoms with E-state index in [1.165, 1.54) is 4.40 Å². The van der Waals surface area contributed by atoms with Crippen LogP contribution in [0.5, 0.6) is 0 Å². The second kappa shape index (κ2) is 8.60. The highest BCUT2D eigenvalue weighted by Gasteiger charge is 2.32. The van der Waals surface area contributed by atoms with Crippen LogP contribution >= 0.6 is 11.6 Å². The third kappa shape index (κ3) is 3.89. The number of piperidine rings is 1. The number of hydrogen-bond acceptors (Lipinski definition) is 5. The molecular weight excluding hydrogens is 428 g/mol. The third-order valence-corrected chi connectivity index (χ3v) is 7.13. The van der Waals surface area contributed by atoms with Crippen molar-refractivity contribution in [1.82, 2.24) is 24.6 Å². The fraction of sp³-hybridized carbons (Fsp3) is 0.435. The van der Waals surface area contributed by atoms with Crippen LogP contribution in [0, 0.1) is 0 Å². The minimum absolute atomic E-state index is 0.167. The Bertz CT molecular complexity index is 1180. The number of likely N-dealkylation sites (tertiary alicyclic amines) is 1. The summed E-state index contributed by atoms with van der Waals surface area (Å²) in [6, 6.07) is 10.0. The SMILES string of the molecule is CNC(=O)c1ccc(N2CCC(N3CCC(c4cc5ccc(Cl)n5c(=O)[nH]4)C3)CC2)cn1. The highest BCUT2D eigenvalue weighted by molar-refractivity contribution is 6.30. The quantitative estimate of drug-likeness (QED) is 0.632. The van der Waals surface area contributed by atoms with Crippen molar-refractivity contribution >= 4 is 28.7 Å². The van der Waals surface area contributed by atoms with Gasteiger partial charge in [0.1, 0.15) is 10.8 Å². The van der Waals surface area contributed by atoms with E-state index in [-0.39, 0.29) is 11.6 Å². The molecule has 2 fully saturated rings. The molecule has 168 valence electrons. The van der Waals surface area contributed by atoms with Gasteiger partial charge < -0.3 is 15.2 Å². The van der Waals surface area contributed by atoms with Crippen molar-refractivity contribution in [3.8, 4) is 0 Å². The largest absolute Gasteiger partial charge is 0.370 e. The number of anilines is 1. The molecule has 1 unspecified atom stereocenters. The summed E-state index contributed by atoms with van der Waals surface area (Å²) < 4.78 is 1.50. The molecule has 3 aromatic heterocycles. The number of fused-ring (bicyclic) bond motifs is 1. The van der Waals surface area contributed by atoms with Gasteiger partial charge in [0.05, 0.1) is 17.4 Å². The van der Waals surface area contributed by atoms with Gasteiger partial charge in [-0.2, -0.15) is 0 Å². The van der Waals surface area contributed by atoms with Crippen molar-refractivity contribution in [2.75, 3.05) is 38.1 Å². The number of hydrogen-bond donors (Lipinski definition) is 2. The molecule has 3 aromatic rings. The van der Waals surface area contributed by atoms with E-state index in [0.717, 1.165) is 62.3 Å². The van der Waals surface area contributed by atoms with Crippen LogP contribution in [0.2, 0.25) is 5.15 Å². The monoisotopic (exact) mass is 454 g/mol. The minimum Gasteiger partial charge on any atom is -0.370 e. The van der Waals surface area contributed by atoms with E-state index in [9.17, 15) is 9.59 Å². The summed E-state index contributed by atoms with van der Waals surface area (Å²) in [7, 11) is 1.61. The maximum absolute atomic E-state index is 12.4. The van der Waals surface area contributed by atoms with Crippen LogP contribution in [-0.2, 0) is 0 Å². The van der Waals surface area contributed by atoms with Crippen molar-refractivity contribution in [2.45, 2.75) is 31.2 Å². The van der Waals surface area contributed by atoms with Crippen LogP contribution in [0.1, 0.15) is 41.4 Å². The summed E-state index contributed by atoms with van der Waals surface area (Å²) in [6.45, 7) is 3.96. The summed E-state index contributed by atoms with van der Waals surface area (Å²) in [5.74, 6) is 0.167. The number of aromatic amines is 1. The summed E-state index contributed by atoms with van der Waals surface area (Å²) in [6.07, 6.45) is 5.02. The lowest BCUT2D eigenvalue weighted by atomic mass is 10.0. The van der Waals surface area contributed by atoms with Crippen LogP contribution in [0.25, 0.3) is 5.52 Å². The fourth-order valence-electron chi connectivity index (χ4n) is 5.05. The van der Waals surface area contributed by atoms with Crippen LogP contribution in [0.4, 0.5) is 5.69 Å². The van der Waals surface area contributed by atoms with E-state index < -0.39 is 0 Å². The van der Waals surface area contributed by atoms with Crippen LogP contribution in [0.15, 0.2) is 41.3 Å². The number of H-pyrrole nitrogens is 1. The zero-order valence-corrected chi connectivity index (χ0v) is 18.8. The molecule has 0 spiro atoms. The molecule has 0 radical (unpaired) electrons. The Labute approximate surface area is 191 Å². The maximum atomic E-state index is 12.4. The first kappa shape index (κ1) is 21.0. The number of nitrogens with zero attached hydrogens (tertiary/aromatic N) is 4. The molecule has 2 aliphatic rings. The van der Waals surface area contributed by atoms with E-state index in [0.29, 0.717) is 22.8 Å². The summed E-state index contributed by atoms with van der Waals surface area (Å²) in [4.78, 5) is 36.4. The topological polar surface area (TPSA) is 85.7 Å². The Kier molecular flexibility index (Phi) is 5.65. The predicted octanol–water partition coefficient (Wildman–Crippen LogP) is 2.49. The fourth-order valence-corrected chi connectivity index (χ4v) is 5.28. The number of rotatable bonds is 4. The van der Waals surface area contributed by atoms with Crippen molar-refractivity contribution in [2.24, 2.45) is 0 Å². The zero-order valence-electron chi connectivity index (χ0n) is 18.1. The molecule has 2 N–H and O–H groups in total. The lowest BCUT2D eigenvalue weighted by Crippen LogP contribution is -2.44. The number of carbonyl (C=O) groups is 1. The molecule has 0 aliphatic carbocycles. The molecule has 8 nitrogen and oxygen atoms in total. The van der Waals surface area contributed by atoms with Gasteiger partial charge in [-0.3, -0.25) is 14.1 Å². The van der Waals surface area contributed by atoms with Gasteiger partial charge in [-0.05, 0) is 56.1 Å². The molecule has 1 atom stereocenters. The Morgan fingerprint density at radius 1 is 1.16 bits per heavy atom. The number of carbonyl (C=O) groups excluding carboxylic acids is 1. The Hall–Kier alpha value is -2.84. The standard InChI is InChI=1S/C23H27ClN6O2/c1-25-22(31)19-4-2-18(13-26-19)28-10-7-16(8-11-28)29-9-6-15(14-29)20-12-17-3-5-21(24)30(17)23(32)27-20/h2-5,12-13,15-16H,6-11,14H2,1H3,(H,25,31)(H,27,32). The van der Waals surface area contributed by atoms with Crippen LogP contribution < -0.4 is 15.9 Å². The molecule has 5 heterocycles. The van der Waals surface area contributed by atoms with Crippen molar-refractivity contribution in [3.63, 3.8) is 0 Å². The number of halogens is 1. The van der Waals surface area contributed by atoms with Crippen molar-refractivity contribution in [1.29, 1.82) is 0 Å². The van der Waals surface area contributed by atoms with Gasteiger partial charge in [-0.1, -0.05) is 11.6 Å². The van der Waals surface area contributed by atoms with E-state index in [4.69, 9.17) is 11.6 Å². The van der Waals surface area contributed by atoms with E-state index >= 15 is 0 Å². The Balaban J connectivity index is 1.20. The van der Waals surface area contributed by atoms with E-state index in [2.05, 4.69) is 31.2 Å². The molecule has 2 saturated heterocycles. The molecule has 32 heavy (non-hydrogen) atoms. The molecule has 5 rings (SSSR count). The minimum atomic E-state index is -0.171. The van der Waals surface area contributed by atoms with Gasteiger partial charge >= 0.3 is 5.69 Å². The van der Waals surface area contributed by atoms with Gasteiger partial charge in [-0.15, -0.1) is 0 Å². The van der Waals surface area contributed by atoms with Gasteiger partial charge in [0.2, 0.25) is 0 Å². The molecule has 1 amide bonds. The lowest BCUT2D eigenvalue weighted by molar-refractivity contribution is 0.0958. The third-order valence-electron chi connectivity index (χ3n) is 6.83.